The lowest BCUT2D eigenvalue weighted by molar-refractivity contribution is 0.487. The van der Waals surface area contributed by atoms with Crippen molar-refractivity contribution in [1.29, 1.82) is 0 Å². The van der Waals surface area contributed by atoms with Crippen molar-refractivity contribution in [2.24, 2.45) is 0 Å². The zero-order valence-electron chi connectivity index (χ0n) is 9.48. The van der Waals surface area contributed by atoms with E-state index in [1.807, 2.05) is 0 Å². The van der Waals surface area contributed by atoms with Crippen LogP contribution < -0.4 is 5.32 Å². The number of hydrogen-bond donors (Lipinski definition) is 1. The van der Waals surface area contributed by atoms with Crippen molar-refractivity contribution in [3.63, 3.8) is 0 Å². The van der Waals surface area contributed by atoms with E-state index in [4.69, 9.17) is 0 Å². The summed E-state index contributed by atoms with van der Waals surface area (Å²) in [6.07, 6.45) is 7.02. The second-order valence-electron chi connectivity index (χ2n) is 4.49. The smallest absolute Gasteiger partial charge is 0.0283 e. The summed E-state index contributed by atoms with van der Waals surface area (Å²) in [6, 6.07) is 0. The summed E-state index contributed by atoms with van der Waals surface area (Å²) in [5.74, 6) is 0. The van der Waals surface area contributed by atoms with Crippen molar-refractivity contribution < 1.29 is 0 Å². The largest absolute Gasteiger partial charge is 0.386 e. The van der Waals surface area contributed by atoms with Gasteiger partial charge < -0.3 is 5.32 Å². The van der Waals surface area contributed by atoms with E-state index in [2.05, 4.69) is 48.5 Å². The van der Waals surface area contributed by atoms with Gasteiger partial charge in [0.15, 0.2) is 0 Å². The normalized spacial score (nSPS) is 13.2. The molecule has 1 unspecified atom stereocenters. The molecule has 0 fully saturated rings. The molecule has 0 heterocycles. The van der Waals surface area contributed by atoms with E-state index in [-0.39, 0.29) is 5.54 Å². The molecular formula is C11H24NP. The highest BCUT2D eigenvalue weighted by Crippen LogP contribution is 2.11. The van der Waals surface area contributed by atoms with E-state index < -0.39 is 0 Å². The van der Waals surface area contributed by atoms with Crippen molar-refractivity contribution in [3.8, 4) is 0 Å². The van der Waals surface area contributed by atoms with E-state index in [9.17, 15) is 0 Å². The van der Waals surface area contributed by atoms with Gasteiger partial charge in [-0.25, -0.2) is 0 Å². The first-order chi connectivity index (χ1) is 5.99. The number of nitrogens with one attached hydrogen (secondary N) is 1. The molecule has 0 aliphatic carbocycles. The van der Waals surface area contributed by atoms with Gasteiger partial charge >= 0.3 is 0 Å². The van der Waals surface area contributed by atoms with Gasteiger partial charge in [-0.1, -0.05) is 18.9 Å². The molecule has 0 aliphatic rings. The van der Waals surface area contributed by atoms with Crippen molar-refractivity contribution in [3.05, 3.63) is 11.8 Å². The van der Waals surface area contributed by atoms with Gasteiger partial charge in [-0.2, -0.15) is 0 Å². The van der Waals surface area contributed by atoms with Gasteiger partial charge in [0, 0.05) is 5.54 Å². The van der Waals surface area contributed by atoms with Gasteiger partial charge in [0.1, 0.15) is 0 Å². The highest BCUT2D eigenvalue weighted by Gasteiger charge is 2.06. The first-order valence-corrected chi connectivity index (χ1v) is 5.97. The monoisotopic (exact) mass is 201 g/mol. The van der Waals surface area contributed by atoms with Crippen LogP contribution in [0.2, 0.25) is 0 Å². The molecule has 1 nitrogen and oxygen atoms in total. The van der Waals surface area contributed by atoms with Gasteiger partial charge in [-0.05, 0) is 46.0 Å². The molecule has 0 radical (unpaired) electrons. The number of rotatable bonds is 5. The van der Waals surface area contributed by atoms with Crippen molar-refractivity contribution in [2.75, 3.05) is 6.16 Å². The predicted octanol–water partition coefficient (Wildman–Crippen LogP) is 3.32. The quantitative estimate of drug-likeness (QED) is 0.673. The Bertz CT molecular complexity index is 148. The zero-order valence-corrected chi connectivity index (χ0v) is 10.6. The minimum Gasteiger partial charge on any atom is -0.386 e. The average molecular weight is 201 g/mol. The fraction of sp³-hybridized carbons (Fsp3) is 0.818. The van der Waals surface area contributed by atoms with Gasteiger partial charge in [0.25, 0.3) is 0 Å². The summed E-state index contributed by atoms with van der Waals surface area (Å²) in [4.78, 5) is 0. The lowest BCUT2D eigenvalue weighted by atomic mass is 10.1. The fourth-order valence-electron chi connectivity index (χ4n) is 1.09. The highest BCUT2D eigenvalue weighted by atomic mass is 31.0. The topological polar surface area (TPSA) is 12.0 Å². The highest BCUT2D eigenvalue weighted by molar-refractivity contribution is 7.16. The molecule has 0 aromatic rings. The van der Waals surface area contributed by atoms with E-state index in [0.29, 0.717) is 0 Å². The summed E-state index contributed by atoms with van der Waals surface area (Å²) in [7, 11) is 2.79. The Kier molecular flexibility index (Phi) is 6.41. The molecule has 13 heavy (non-hydrogen) atoms. The van der Waals surface area contributed by atoms with Gasteiger partial charge in [-0.15, -0.1) is 9.24 Å². The third kappa shape index (κ3) is 8.30. The van der Waals surface area contributed by atoms with Crippen LogP contribution in [0.15, 0.2) is 11.8 Å². The number of hydrogen-bond acceptors (Lipinski definition) is 1. The van der Waals surface area contributed by atoms with Crippen molar-refractivity contribution in [2.45, 2.75) is 52.5 Å². The van der Waals surface area contributed by atoms with E-state index in [1.54, 1.807) is 0 Å². The maximum Gasteiger partial charge on any atom is 0.0283 e. The molecular weight excluding hydrogens is 177 g/mol. The van der Waals surface area contributed by atoms with Crippen LogP contribution in [0.5, 0.6) is 0 Å². The Hall–Kier alpha value is -0.0300. The summed E-state index contributed by atoms with van der Waals surface area (Å²) in [6.45, 7) is 8.79. The Morgan fingerprint density at radius 3 is 2.31 bits per heavy atom. The Morgan fingerprint density at radius 2 is 1.92 bits per heavy atom. The van der Waals surface area contributed by atoms with Gasteiger partial charge in [0.2, 0.25) is 0 Å². The molecule has 0 saturated heterocycles. The van der Waals surface area contributed by atoms with Crippen LogP contribution in [0.4, 0.5) is 0 Å². The summed E-state index contributed by atoms with van der Waals surface area (Å²) < 4.78 is 0. The SMILES string of the molecule is CCC/C(=C\NC(C)(C)C)CCP. The summed E-state index contributed by atoms with van der Waals surface area (Å²) in [5.41, 5.74) is 1.73. The molecule has 0 rings (SSSR count). The molecule has 0 aromatic carbocycles. The van der Waals surface area contributed by atoms with Crippen LogP contribution in [-0.2, 0) is 0 Å². The fourth-order valence-corrected chi connectivity index (χ4v) is 1.47. The van der Waals surface area contributed by atoms with Gasteiger partial charge in [-0.3, -0.25) is 0 Å². The molecule has 2 heteroatoms. The van der Waals surface area contributed by atoms with Crippen LogP contribution in [0.25, 0.3) is 0 Å². The zero-order chi connectivity index (χ0) is 10.3. The molecule has 1 N–H and O–H groups in total. The average Bonchev–Trinajstić information content (AvgIpc) is 2.00. The first kappa shape index (κ1) is 13.0. The van der Waals surface area contributed by atoms with Gasteiger partial charge in [0.05, 0.1) is 0 Å². The van der Waals surface area contributed by atoms with E-state index in [1.165, 1.54) is 24.8 Å². The van der Waals surface area contributed by atoms with Crippen LogP contribution in [-0.4, -0.2) is 11.7 Å². The Balaban J connectivity index is 4.02. The maximum atomic E-state index is 3.42. The first-order valence-electron chi connectivity index (χ1n) is 5.15. The van der Waals surface area contributed by atoms with Crippen LogP contribution >= 0.6 is 9.24 Å². The van der Waals surface area contributed by atoms with Crippen LogP contribution in [0, 0.1) is 0 Å². The third-order valence-corrected chi connectivity index (χ3v) is 2.03. The molecule has 0 bridgehead atoms. The third-order valence-electron chi connectivity index (χ3n) is 1.75. The molecule has 78 valence electrons. The van der Waals surface area contributed by atoms with Crippen LogP contribution in [0.3, 0.4) is 0 Å². The summed E-state index contributed by atoms with van der Waals surface area (Å²) >= 11 is 0. The van der Waals surface area contributed by atoms with Crippen LogP contribution in [0.1, 0.15) is 47.0 Å². The molecule has 0 aromatic heterocycles. The molecule has 0 aliphatic heterocycles. The Morgan fingerprint density at radius 1 is 1.31 bits per heavy atom. The molecule has 1 atom stereocenters. The van der Waals surface area contributed by atoms with Crippen molar-refractivity contribution in [1.82, 2.24) is 5.32 Å². The lowest BCUT2D eigenvalue weighted by Crippen LogP contribution is -2.31. The predicted molar refractivity (Wildman–Crippen MR) is 65.1 cm³/mol. The molecule has 0 spiro atoms. The van der Waals surface area contributed by atoms with E-state index >= 15 is 0 Å². The maximum absolute atomic E-state index is 3.42. The lowest BCUT2D eigenvalue weighted by Gasteiger charge is -2.20. The molecule has 0 saturated carbocycles. The Labute approximate surface area is 85.6 Å². The minimum absolute atomic E-state index is 0.194. The number of allylic oxidation sites excluding steroid dienone is 1. The standard InChI is InChI=1S/C11H24NP/c1-5-6-10(7-8-13)9-12-11(2,3)4/h9,12H,5-8,13H2,1-4H3/b10-9+. The second kappa shape index (κ2) is 6.43. The summed E-state index contributed by atoms with van der Waals surface area (Å²) in [5, 5.41) is 3.42. The minimum atomic E-state index is 0.194. The second-order valence-corrected chi connectivity index (χ2v) is 5.06. The molecule has 0 amide bonds. The van der Waals surface area contributed by atoms with Crippen molar-refractivity contribution >= 4 is 9.24 Å². The van der Waals surface area contributed by atoms with E-state index in [0.717, 1.165) is 6.16 Å².